The van der Waals surface area contributed by atoms with E-state index in [4.69, 9.17) is 0 Å². The molecule has 0 aliphatic heterocycles. The van der Waals surface area contributed by atoms with E-state index in [1.54, 1.807) is 17.2 Å². The van der Waals surface area contributed by atoms with E-state index < -0.39 is 17.0 Å². The van der Waals surface area contributed by atoms with Crippen LogP contribution in [-0.2, 0) is 5.41 Å². The molecule has 0 radical (unpaired) electrons. The number of fused-ring (bicyclic) bond motifs is 5. The zero-order chi connectivity index (χ0) is 23.0. The molecule has 166 valence electrons. The molecule has 1 fully saturated rings. The van der Waals surface area contributed by atoms with Gasteiger partial charge in [-0.25, -0.2) is 18.4 Å². The summed E-state index contributed by atoms with van der Waals surface area (Å²) in [5.74, 6) is 0.113. The van der Waals surface area contributed by atoms with Gasteiger partial charge < -0.3 is 0 Å². The minimum Gasteiger partial charge on any atom is -0.220 e. The lowest BCUT2D eigenvalue weighted by atomic mass is 9.65. The standard InChI is InChI=1S/C24H21F2N7/c1-13-27-12-33(32-13)20-9-14(11-28-30-20)24-8-7-16(23(24,2)3)15-10-19(29-31-22(15)24)21-17(25)5-4-6-18(21)26/h4-6,9-12,16H,7-8H2,1-3H3/t16-,24-/m0/s1. The van der Waals surface area contributed by atoms with Gasteiger partial charge in [0.15, 0.2) is 5.82 Å². The van der Waals surface area contributed by atoms with Crippen LogP contribution in [0.1, 0.15) is 55.3 Å². The monoisotopic (exact) mass is 445 g/mol. The Kier molecular flexibility index (Phi) is 4.06. The first-order chi connectivity index (χ1) is 15.8. The van der Waals surface area contributed by atoms with Crippen molar-refractivity contribution < 1.29 is 8.78 Å². The van der Waals surface area contributed by atoms with Crippen LogP contribution in [0.15, 0.2) is 42.9 Å². The van der Waals surface area contributed by atoms with Crippen LogP contribution in [0.25, 0.3) is 17.1 Å². The van der Waals surface area contributed by atoms with E-state index in [2.05, 4.69) is 44.3 Å². The summed E-state index contributed by atoms with van der Waals surface area (Å²) < 4.78 is 30.5. The molecule has 2 aliphatic carbocycles. The molecule has 0 N–H and O–H groups in total. The molecule has 3 heterocycles. The Morgan fingerprint density at radius 2 is 1.85 bits per heavy atom. The van der Waals surface area contributed by atoms with Gasteiger partial charge >= 0.3 is 0 Å². The summed E-state index contributed by atoms with van der Waals surface area (Å²) in [5, 5.41) is 21.7. The highest BCUT2D eigenvalue weighted by atomic mass is 19.1. The van der Waals surface area contributed by atoms with Crippen LogP contribution < -0.4 is 0 Å². The van der Waals surface area contributed by atoms with Crippen molar-refractivity contribution in [3.8, 4) is 17.1 Å². The molecule has 0 spiro atoms. The molecule has 6 rings (SSSR count). The van der Waals surface area contributed by atoms with Gasteiger partial charge in [-0.05, 0) is 66.5 Å². The summed E-state index contributed by atoms with van der Waals surface area (Å²) in [5.41, 5.74) is 2.26. The highest BCUT2D eigenvalue weighted by molar-refractivity contribution is 5.64. The van der Waals surface area contributed by atoms with Gasteiger partial charge in [0, 0.05) is 5.41 Å². The maximum absolute atomic E-state index is 14.4. The molecule has 2 bridgehead atoms. The summed E-state index contributed by atoms with van der Waals surface area (Å²) >= 11 is 0. The van der Waals surface area contributed by atoms with E-state index in [9.17, 15) is 8.78 Å². The SMILES string of the molecule is Cc1ncn(-c2cc([C@@]34CC[C@@H](c5cc(-c6c(F)cccc6F)nnc53)C4(C)C)cnn2)n1. The lowest BCUT2D eigenvalue weighted by molar-refractivity contribution is 0.247. The van der Waals surface area contributed by atoms with Crippen LogP contribution in [0.3, 0.4) is 0 Å². The molecule has 2 aliphatic rings. The Morgan fingerprint density at radius 1 is 1.06 bits per heavy atom. The molecule has 7 nitrogen and oxygen atoms in total. The fourth-order valence-corrected chi connectivity index (χ4v) is 5.99. The molecule has 33 heavy (non-hydrogen) atoms. The predicted octanol–water partition coefficient (Wildman–Crippen LogP) is 4.30. The second-order valence-corrected chi connectivity index (χ2v) is 9.39. The van der Waals surface area contributed by atoms with Gasteiger partial charge in [-0.2, -0.15) is 15.3 Å². The second-order valence-electron chi connectivity index (χ2n) is 9.39. The highest BCUT2D eigenvalue weighted by Gasteiger charge is 2.64. The molecular weight excluding hydrogens is 424 g/mol. The van der Waals surface area contributed by atoms with Gasteiger partial charge in [-0.1, -0.05) is 19.9 Å². The fourth-order valence-electron chi connectivity index (χ4n) is 5.99. The van der Waals surface area contributed by atoms with Crippen molar-refractivity contribution in [2.75, 3.05) is 0 Å². The smallest absolute Gasteiger partial charge is 0.177 e. The van der Waals surface area contributed by atoms with Crippen LogP contribution in [0.2, 0.25) is 0 Å². The molecule has 1 aromatic carbocycles. The van der Waals surface area contributed by atoms with Crippen molar-refractivity contribution in [1.29, 1.82) is 0 Å². The first-order valence-corrected chi connectivity index (χ1v) is 10.9. The molecule has 0 amide bonds. The molecule has 2 atom stereocenters. The Balaban J connectivity index is 1.53. The quantitative estimate of drug-likeness (QED) is 0.468. The molecule has 1 saturated carbocycles. The molecule has 0 unspecified atom stereocenters. The Bertz CT molecular complexity index is 1390. The maximum atomic E-state index is 14.4. The van der Waals surface area contributed by atoms with Crippen molar-refractivity contribution in [3.05, 3.63) is 77.1 Å². The van der Waals surface area contributed by atoms with Crippen LogP contribution in [0, 0.1) is 24.0 Å². The average Bonchev–Trinajstić information content (AvgIpc) is 3.40. The Labute approximate surface area is 188 Å². The third kappa shape index (κ3) is 2.59. The van der Waals surface area contributed by atoms with E-state index in [-0.39, 0.29) is 22.6 Å². The lowest BCUT2D eigenvalue weighted by Gasteiger charge is -2.38. The largest absolute Gasteiger partial charge is 0.220 e. The van der Waals surface area contributed by atoms with Gasteiger partial charge in [-0.3, -0.25) is 0 Å². The number of rotatable bonds is 3. The minimum atomic E-state index is -0.646. The number of aryl methyl sites for hydroxylation is 1. The number of aromatic nitrogens is 7. The number of nitrogens with zero attached hydrogens (tertiary/aromatic N) is 7. The number of hydrogen-bond donors (Lipinski definition) is 0. The van der Waals surface area contributed by atoms with Crippen molar-refractivity contribution in [2.24, 2.45) is 5.41 Å². The summed E-state index contributed by atoms with van der Waals surface area (Å²) in [7, 11) is 0. The van der Waals surface area contributed by atoms with Gasteiger partial charge in [-0.15, -0.1) is 10.2 Å². The van der Waals surface area contributed by atoms with E-state index in [1.807, 2.05) is 19.1 Å². The number of halogens is 2. The van der Waals surface area contributed by atoms with E-state index >= 15 is 0 Å². The van der Waals surface area contributed by atoms with E-state index in [1.165, 1.54) is 18.2 Å². The highest BCUT2D eigenvalue weighted by Crippen LogP contribution is 2.69. The summed E-state index contributed by atoms with van der Waals surface area (Å²) in [4.78, 5) is 4.18. The van der Waals surface area contributed by atoms with Crippen LogP contribution in [-0.4, -0.2) is 35.2 Å². The zero-order valence-electron chi connectivity index (χ0n) is 18.4. The van der Waals surface area contributed by atoms with Crippen molar-refractivity contribution >= 4 is 0 Å². The van der Waals surface area contributed by atoms with Gasteiger partial charge in [0.05, 0.1) is 23.1 Å². The molecular formula is C24H21F2N7. The predicted molar refractivity (Wildman–Crippen MR) is 116 cm³/mol. The van der Waals surface area contributed by atoms with E-state index in [0.29, 0.717) is 11.6 Å². The Hall–Kier alpha value is -3.62. The fraction of sp³-hybridized carbons (Fsp3) is 0.333. The van der Waals surface area contributed by atoms with Crippen LogP contribution in [0.4, 0.5) is 8.78 Å². The van der Waals surface area contributed by atoms with Crippen molar-refractivity contribution in [3.63, 3.8) is 0 Å². The third-order valence-electron chi connectivity index (χ3n) is 7.58. The molecule has 0 saturated heterocycles. The third-order valence-corrected chi connectivity index (χ3v) is 7.58. The Morgan fingerprint density at radius 3 is 2.58 bits per heavy atom. The van der Waals surface area contributed by atoms with Crippen molar-refractivity contribution in [2.45, 2.75) is 44.9 Å². The number of hydrogen-bond acceptors (Lipinski definition) is 6. The average molecular weight is 445 g/mol. The molecule has 9 heteroatoms. The topological polar surface area (TPSA) is 82.3 Å². The first kappa shape index (κ1) is 20.0. The van der Waals surface area contributed by atoms with Crippen LogP contribution >= 0.6 is 0 Å². The minimum absolute atomic E-state index is 0.142. The second kappa shape index (κ2) is 6.69. The first-order valence-electron chi connectivity index (χ1n) is 10.9. The molecule has 3 aromatic heterocycles. The normalized spacial score (nSPS) is 22.5. The zero-order valence-corrected chi connectivity index (χ0v) is 18.4. The lowest BCUT2D eigenvalue weighted by Crippen LogP contribution is -2.37. The number of benzene rings is 1. The van der Waals surface area contributed by atoms with Crippen LogP contribution in [0.5, 0.6) is 0 Å². The summed E-state index contributed by atoms with van der Waals surface area (Å²) in [6, 6.07) is 7.61. The molecule has 4 aromatic rings. The van der Waals surface area contributed by atoms with Gasteiger partial charge in [0.25, 0.3) is 0 Å². The summed E-state index contributed by atoms with van der Waals surface area (Å²) in [6.07, 6.45) is 5.20. The maximum Gasteiger partial charge on any atom is 0.177 e. The summed E-state index contributed by atoms with van der Waals surface area (Å²) in [6.45, 7) is 6.25. The van der Waals surface area contributed by atoms with Crippen molar-refractivity contribution in [1.82, 2.24) is 35.2 Å². The van der Waals surface area contributed by atoms with Gasteiger partial charge in [0.2, 0.25) is 0 Å². The van der Waals surface area contributed by atoms with E-state index in [0.717, 1.165) is 29.7 Å². The van der Waals surface area contributed by atoms with Gasteiger partial charge in [0.1, 0.15) is 23.8 Å².